The second kappa shape index (κ2) is 4.87. The molecule has 0 bridgehead atoms. The molecule has 3 aromatic carbocycles. The summed E-state index contributed by atoms with van der Waals surface area (Å²) < 4.78 is 0. The fourth-order valence-corrected chi connectivity index (χ4v) is 2.86. The highest BCUT2D eigenvalue weighted by atomic mass is 35.5. The van der Waals surface area contributed by atoms with Crippen molar-refractivity contribution in [2.24, 2.45) is 0 Å². The van der Waals surface area contributed by atoms with Crippen molar-refractivity contribution in [1.82, 2.24) is 4.98 Å². The Balaban J connectivity index is 1.93. The average molecular weight is 290 g/mol. The molecule has 0 radical (unpaired) electrons. The molecule has 0 N–H and O–H groups in total. The standard InChI is InChI=1S/C19H12ClN/c20-17-6-3-5-13-8-9-15(12-16(13)17)19-11-10-14-4-1-2-7-18(14)21-19/h1-12H. The maximum Gasteiger partial charge on any atom is 0.0709 e. The lowest BCUT2D eigenvalue weighted by atomic mass is 10.0. The Hall–Kier alpha value is -2.38. The van der Waals surface area contributed by atoms with Crippen molar-refractivity contribution in [3.8, 4) is 11.3 Å². The Morgan fingerprint density at radius 1 is 0.714 bits per heavy atom. The summed E-state index contributed by atoms with van der Waals surface area (Å²) in [6, 6.07) is 24.6. The molecule has 4 aromatic rings. The third-order valence-corrected chi connectivity index (χ3v) is 4.05. The van der Waals surface area contributed by atoms with Crippen molar-refractivity contribution in [2.75, 3.05) is 0 Å². The molecule has 0 amide bonds. The molecule has 21 heavy (non-hydrogen) atoms. The lowest BCUT2D eigenvalue weighted by Gasteiger charge is -2.06. The van der Waals surface area contributed by atoms with Crippen molar-refractivity contribution >= 4 is 33.3 Å². The van der Waals surface area contributed by atoms with Crippen LogP contribution in [-0.2, 0) is 0 Å². The largest absolute Gasteiger partial charge is 0.248 e. The van der Waals surface area contributed by atoms with E-state index in [0.29, 0.717) is 0 Å². The van der Waals surface area contributed by atoms with Gasteiger partial charge in [0.1, 0.15) is 0 Å². The second-order valence-corrected chi connectivity index (χ2v) is 5.47. The highest BCUT2D eigenvalue weighted by Gasteiger charge is 2.04. The molecule has 0 fully saturated rings. The zero-order chi connectivity index (χ0) is 14.2. The zero-order valence-corrected chi connectivity index (χ0v) is 12.0. The summed E-state index contributed by atoms with van der Waals surface area (Å²) >= 11 is 6.29. The van der Waals surface area contributed by atoms with Gasteiger partial charge in [-0.1, -0.05) is 60.1 Å². The van der Waals surface area contributed by atoms with Gasteiger partial charge in [-0.2, -0.15) is 0 Å². The lowest BCUT2D eigenvalue weighted by Crippen LogP contribution is -1.85. The van der Waals surface area contributed by atoms with Crippen LogP contribution >= 0.6 is 11.6 Å². The summed E-state index contributed by atoms with van der Waals surface area (Å²) in [4.78, 5) is 4.74. The number of halogens is 1. The average Bonchev–Trinajstić information content (AvgIpc) is 2.54. The maximum absolute atomic E-state index is 6.29. The topological polar surface area (TPSA) is 12.9 Å². The first-order valence-electron chi connectivity index (χ1n) is 6.86. The van der Waals surface area contributed by atoms with Crippen molar-refractivity contribution in [3.63, 3.8) is 0 Å². The monoisotopic (exact) mass is 289 g/mol. The molecule has 4 rings (SSSR count). The van der Waals surface area contributed by atoms with E-state index in [0.717, 1.165) is 38.0 Å². The molecular weight excluding hydrogens is 278 g/mol. The van der Waals surface area contributed by atoms with E-state index in [-0.39, 0.29) is 0 Å². The van der Waals surface area contributed by atoms with E-state index < -0.39 is 0 Å². The number of para-hydroxylation sites is 1. The van der Waals surface area contributed by atoms with Gasteiger partial charge in [-0.05, 0) is 29.7 Å². The van der Waals surface area contributed by atoms with E-state index in [9.17, 15) is 0 Å². The molecule has 0 aliphatic heterocycles. The minimum atomic E-state index is 0.773. The first-order valence-corrected chi connectivity index (χ1v) is 7.23. The summed E-state index contributed by atoms with van der Waals surface area (Å²) in [7, 11) is 0. The van der Waals surface area contributed by atoms with Crippen LogP contribution < -0.4 is 0 Å². The van der Waals surface area contributed by atoms with Crippen molar-refractivity contribution in [1.29, 1.82) is 0 Å². The predicted octanol–water partition coefficient (Wildman–Crippen LogP) is 5.71. The van der Waals surface area contributed by atoms with Crippen LogP contribution in [0, 0.1) is 0 Å². The number of rotatable bonds is 1. The van der Waals surface area contributed by atoms with Crippen LogP contribution in [-0.4, -0.2) is 4.98 Å². The van der Waals surface area contributed by atoms with Gasteiger partial charge in [-0.15, -0.1) is 0 Å². The first-order chi connectivity index (χ1) is 10.3. The van der Waals surface area contributed by atoms with E-state index in [2.05, 4.69) is 42.5 Å². The number of nitrogens with zero attached hydrogens (tertiary/aromatic N) is 1. The molecule has 0 unspecified atom stereocenters. The van der Waals surface area contributed by atoms with Crippen LogP contribution in [0.25, 0.3) is 32.9 Å². The third-order valence-electron chi connectivity index (χ3n) is 3.72. The normalized spacial score (nSPS) is 11.1. The maximum atomic E-state index is 6.29. The summed E-state index contributed by atoms with van der Waals surface area (Å²) in [6.45, 7) is 0. The molecule has 0 aliphatic carbocycles. The molecule has 1 heterocycles. The van der Waals surface area contributed by atoms with Gasteiger partial charge < -0.3 is 0 Å². The Kier molecular flexibility index (Phi) is 2.87. The van der Waals surface area contributed by atoms with E-state index >= 15 is 0 Å². The molecule has 0 saturated carbocycles. The summed E-state index contributed by atoms with van der Waals surface area (Å²) in [6.07, 6.45) is 0. The van der Waals surface area contributed by atoms with E-state index in [1.165, 1.54) is 0 Å². The van der Waals surface area contributed by atoms with E-state index in [4.69, 9.17) is 16.6 Å². The van der Waals surface area contributed by atoms with Crippen molar-refractivity contribution < 1.29 is 0 Å². The Morgan fingerprint density at radius 3 is 2.48 bits per heavy atom. The summed E-state index contributed by atoms with van der Waals surface area (Å²) in [5.74, 6) is 0. The fourth-order valence-electron chi connectivity index (χ4n) is 2.62. The van der Waals surface area contributed by atoms with Gasteiger partial charge >= 0.3 is 0 Å². The number of aromatic nitrogens is 1. The van der Waals surface area contributed by atoms with Gasteiger partial charge in [0, 0.05) is 21.4 Å². The highest BCUT2D eigenvalue weighted by Crippen LogP contribution is 2.29. The third kappa shape index (κ3) is 2.16. The van der Waals surface area contributed by atoms with Crippen molar-refractivity contribution in [3.05, 3.63) is 77.8 Å². The predicted molar refractivity (Wildman–Crippen MR) is 89.7 cm³/mol. The second-order valence-electron chi connectivity index (χ2n) is 5.06. The molecule has 0 spiro atoms. The number of pyridine rings is 1. The van der Waals surface area contributed by atoms with Gasteiger partial charge in [0.25, 0.3) is 0 Å². The van der Waals surface area contributed by atoms with Crippen LogP contribution in [0.15, 0.2) is 72.8 Å². The molecule has 2 heteroatoms. The molecule has 0 aliphatic rings. The molecule has 0 atom stereocenters. The summed E-state index contributed by atoms with van der Waals surface area (Å²) in [5, 5.41) is 4.13. The SMILES string of the molecule is Clc1cccc2ccc(-c3ccc4ccccc4n3)cc12. The Morgan fingerprint density at radius 2 is 1.52 bits per heavy atom. The number of benzene rings is 3. The Labute approximate surface area is 127 Å². The number of hydrogen-bond acceptors (Lipinski definition) is 1. The molecule has 0 saturated heterocycles. The van der Waals surface area contributed by atoms with Crippen LogP contribution in [0.1, 0.15) is 0 Å². The van der Waals surface area contributed by atoms with Crippen molar-refractivity contribution in [2.45, 2.75) is 0 Å². The number of hydrogen-bond donors (Lipinski definition) is 0. The highest BCUT2D eigenvalue weighted by molar-refractivity contribution is 6.35. The molecule has 1 aromatic heterocycles. The first kappa shape index (κ1) is 12.4. The zero-order valence-electron chi connectivity index (χ0n) is 11.3. The smallest absolute Gasteiger partial charge is 0.0709 e. The quantitative estimate of drug-likeness (QED) is 0.437. The van der Waals surface area contributed by atoms with Gasteiger partial charge in [-0.25, -0.2) is 4.98 Å². The lowest BCUT2D eigenvalue weighted by molar-refractivity contribution is 1.40. The minimum Gasteiger partial charge on any atom is -0.248 e. The fraction of sp³-hybridized carbons (Fsp3) is 0. The molecular formula is C19H12ClN. The van der Waals surface area contributed by atoms with Crippen LogP contribution in [0.4, 0.5) is 0 Å². The van der Waals surface area contributed by atoms with E-state index in [1.807, 2.05) is 30.3 Å². The van der Waals surface area contributed by atoms with Gasteiger partial charge in [0.15, 0.2) is 0 Å². The van der Waals surface area contributed by atoms with Gasteiger partial charge in [0.2, 0.25) is 0 Å². The van der Waals surface area contributed by atoms with Crippen LogP contribution in [0.2, 0.25) is 5.02 Å². The minimum absolute atomic E-state index is 0.773. The summed E-state index contributed by atoms with van der Waals surface area (Å²) in [5.41, 5.74) is 3.06. The molecule has 1 nitrogen and oxygen atoms in total. The van der Waals surface area contributed by atoms with Crippen LogP contribution in [0.5, 0.6) is 0 Å². The van der Waals surface area contributed by atoms with Gasteiger partial charge in [0.05, 0.1) is 11.2 Å². The molecule has 100 valence electrons. The van der Waals surface area contributed by atoms with Crippen LogP contribution in [0.3, 0.4) is 0 Å². The number of fused-ring (bicyclic) bond motifs is 2. The van der Waals surface area contributed by atoms with E-state index in [1.54, 1.807) is 0 Å². The Bertz CT molecular complexity index is 960. The van der Waals surface area contributed by atoms with Gasteiger partial charge in [-0.3, -0.25) is 0 Å².